The first-order valence-corrected chi connectivity index (χ1v) is 27.7. The Bertz CT molecular complexity index is 2610. The third-order valence-electron chi connectivity index (χ3n) is 11.0. The summed E-state index contributed by atoms with van der Waals surface area (Å²) in [6, 6.07) is 25.1. The molecule has 0 fully saturated rings. The highest BCUT2D eigenvalue weighted by Crippen LogP contribution is 2.32. The maximum atomic E-state index is 13.0. The molecule has 1 heterocycles. The van der Waals surface area contributed by atoms with Crippen LogP contribution in [0.1, 0.15) is 98.0 Å². The van der Waals surface area contributed by atoms with Gasteiger partial charge in [0.25, 0.3) is 5.97 Å². The number of nitrogens with two attached hydrogens (primary N) is 2. The van der Waals surface area contributed by atoms with Crippen molar-refractivity contribution in [1.29, 1.82) is 0 Å². The van der Waals surface area contributed by atoms with Gasteiger partial charge in [0.05, 0.1) is 5.33 Å². The standard InChI is InChI=1S/C25H32N4O3S.C15H25N4OPS2.C11H13BrO2.C2H4O2/c1-6-7-16-14-17(8-13-20(16)30)21(31)22-23(26)28-24(33-22)27-18-9-11-19(12-10-18)32-15-25(2,3)29(4)5;1-15(2,19(3)4)9-20-12-7-5-11(6-8-12)17-14(22)18-13(16)23-10-21;1-2-3-8-6-9(11(14)7-12)4-5-10(8)13;1-2(3)4/h8-14,30H,6-7,15,26H2,1-5H3,(H,27,28);5-8H,9-10,21H2,1-4H3,(H3,16,17,18,22);4-6,13H,2-3,7H2,1H3;1H3,(H,3,4). The van der Waals surface area contributed by atoms with Crippen molar-refractivity contribution in [3.05, 3.63) is 112 Å². The summed E-state index contributed by atoms with van der Waals surface area (Å²) in [4.78, 5) is 46.4. The SMILES string of the molecule is CC(=O)O.CCCc1cc(C(=O)CBr)ccc1O.CCCc1cc(C(=O)c2sc(Nc3ccc(OCC(C)(C)N(C)C)cc3)nc2N)ccc1O.CN(C)C(C)(C)COc1ccc(NC(=S)N=C(N)SCP)cc1. The van der Waals surface area contributed by atoms with Gasteiger partial charge in [-0.05, 0) is 177 Å². The number of hydrogen-bond acceptors (Lipinski definition) is 15. The second-order valence-electron chi connectivity index (χ2n) is 18.2. The maximum absolute atomic E-state index is 13.0. The number of phenolic OH excluding ortho intramolecular Hbond substituents is 2. The molecule has 9 N–H and O–H groups in total. The Morgan fingerprint density at radius 2 is 1.26 bits per heavy atom. The number of rotatable bonds is 20. The molecule has 5 rings (SSSR count). The van der Waals surface area contributed by atoms with E-state index in [-0.39, 0.29) is 40.0 Å². The molecule has 0 amide bonds. The van der Waals surface area contributed by atoms with Crippen LogP contribution in [-0.4, -0.2) is 121 Å². The van der Waals surface area contributed by atoms with Gasteiger partial charge in [0.15, 0.2) is 21.2 Å². The lowest BCUT2D eigenvalue weighted by Gasteiger charge is -2.32. The molecule has 21 heteroatoms. The fourth-order valence-electron chi connectivity index (χ4n) is 5.72. The minimum absolute atomic E-state index is 0.0278. The highest BCUT2D eigenvalue weighted by Gasteiger charge is 2.23. The molecule has 1 aromatic heterocycles. The average Bonchev–Trinajstić information content (AvgIpc) is 3.71. The molecule has 16 nitrogen and oxygen atoms in total. The minimum atomic E-state index is -0.833. The number of aliphatic imine (C=N–C) groups is 1. The van der Waals surface area contributed by atoms with E-state index in [1.165, 1.54) is 23.1 Å². The minimum Gasteiger partial charge on any atom is -0.508 e. The number of thiocarbonyl (C=S) groups is 1. The molecule has 0 aliphatic heterocycles. The second kappa shape index (κ2) is 32.2. The summed E-state index contributed by atoms with van der Waals surface area (Å²) in [7, 11) is 10.7. The van der Waals surface area contributed by atoms with Gasteiger partial charge in [0.1, 0.15) is 46.9 Å². The van der Waals surface area contributed by atoms with E-state index in [0.717, 1.165) is 65.7 Å². The van der Waals surface area contributed by atoms with Crippen LogP contribution in [0, 0.1) is 0 Å². The zero-order valence-corrected chi connectivity index (χ0v) is 49.4. The van der Waals surface area contributed by atoms with Crippen molar-refractivity contribution in [3.8, 4) is 23.0 Å². The molecule has 5 aromatic rings. The second-order valence-corrected chi connectivity index (χ2v) is 22.2. The van der Waals surface area contributed by atoms with Crippen molar-refractivity contribution in [2.24, 2.45) is 10.7 Å². The summed E-state index contributed by atoms with van der Waals surface area (Å²) >= 11 is 10.9. The van der Waals surface area contributed by atoms with Gasteiger partial charge in [-0.15, -0.1) is 9.24 Å². The van der Waals surface area contributed by atoms with Gasteiger partial charge in [-0.25, -0.2) is 4.98 Å². The number of nitrogens with zero attached hydrogens (tertiary/aromatic N) is 4. The summed E-state index contributed by atoms with van der Waals surface area (Å²) in [5.41, 5.74) is 16.9. The molecule has 0 aliphatic carbocycles. The number of aryl methyl sites for hydroxylation is 2. The maximum Gasteiger partial charge on any atom is 0.300 e. The molecule has 0 radical (unpaired) electrons. The molecule has 404 valence electrons. The highest BCUT2D eigenvalue weighted by molar-refractivity contribution is 9.09. The number of benzene rings is 4. The number of likely N-dealkylation sites (N-methyl/N-ethyl adjacent to an activating group) is 2. The number of amidine groups is 1. The summed E-state index contributed by atoms with van der Waals surface area (Å²) < 4.78 is 11.7. The smallest absolute Gasteiger partial charge is 0.300 e. The van der Waals surface area contributed by atoms with E-state index < -0.39 is 5.97 Å². The van der Waals surface area contributed by atoms with Gasteiger partial charge in [-0.3, -0.25) is 14.4 Å². The average molecular weight is 1160 g/mol. The predicted molar refractivity (Wildman–Crippen MR) is 318 cm³/mol. The molecule has 0 spiro atoms. The zero-order chi connectivity index (χ0) is 55.8. The number of anilines is 4. The number of thiazole rings is 1. The van der Waals surface area contributed by atoms with Crippen molar-refractivity contribution in [1.82, 2.24) is 14.8 Å². The number of carboxylic acid groups (broad SMARTS) is 1. The number of hydrogen-bond donors (Lipinski definition) is 7. The lowest BCUT2D eigenvalue weighted by atomic mass is 10.0. The Morgan fingerprint density at radius 1 is 0.811 bits per heavy atom. The number of carboxylic acids is 1. The molecule has 4 aromatic carbocycles. The molecular weight excluding hydrogens is 1080 g/mol. The number of aromatic hydroxyl groups is 2. The monoisotopic (exact) mass is 1160 g/mol. The number of halogens is 1. The van der Waals surface area contributed by atoms with E-state index in [0.29, 0.717) is 56.4 Å². The molecule has 0 aliphatic rings. The largest absolute Gasteiger partial charge is 0.508 e. The van der Waals surface area contributed by atoms with Crippen LogP contribution in [0.25, 0.3) is 0 Å². The molecule has 0 saturated heterocycles. The van der Waals surface area contributed by atoms with Crippen molar-refractivity contribution >= 4 is 111 Å². The molecular formula is C53H74BrN8O8PS3. The molecule has 74 heavy (non-hydrogen) atoms. The number of Topliss-reactive ketones (excluding diaryl/α,β-unsaturated/α-hetero) is 1. The first-order chi connectivity index (χ1) is 34.8. The van der Waals surface area contributed by atoms with Crippen LogP contribution in [0.3, 0.4) is 0 Å². The van der Waals surface area contributed by atoms with Crippen LogP contribution in [-0.2, 0) is 17.6 Å². The van der Waals surface area contributed by atoms with Crippen LogP contribution in [0.15, 0.2) is 89.9 Å². The van der Waals surface area contributed by atoms with Gasteiger partial charge in [-0.1, -0.05) is 65.7 Å². The molecule has 1 unspecified atom stereocenters. The summed E-state index contributed by atoms with van der Waals surface area (Å²) in [6.45, 7) is 14.8. The number of aromatic nitrogens is 1. The van der Waals surface area contributed by atoms with E-state index in [1.54, 1.807) is 36.4 Å². The van der Waals surface area contributed by atoms with Gasteiger partial charge < -0.3 is 56.7 Å². The van der Waals surface area contributed by atoms with Crippen LogP contribution in [0.5, 0.6) is 23.0 Å². The van der Waals surface area contributed by atoms with Gasteiger partial charge in [0, 0.05) is 46.0 Å². The number of nitrogen functional groups attached to an aromatic ring is 1. The Morgan fingerprint density at radius 3 is 1.69 bits per heavy atom. The number of phenols is 2. The number of alkyl halides is 1. The topological polar surface area (TPSA) is 238 Å². The van der Waals surface area contributed by atoms with Crippen LogP contribution < -0.4 is 31.6 Å². The van der Waals surface area contributed by atoms with Crippen molar-refractivity contribution < 1.29 is 39.2 Å². The van der Waals surface area contributed by atoms with Crippen LogP contribution >= 0.6 is 60.5 Å². The Kier molecular flexibility index (Phi) is 28.2. The first kappa shape index (κ1) is 64.8. The lowest BCUT2D eigenvalue weighted by molar-refractivity contribution is -0.134. The fraction of sp³-hybridized carbons (Fsp3) is 0.396. The zero-order valence-electron chi connectivity index (χ0n) is 44.2. The molecule has 0 bridgehead atoms. The summed E-state index contributed by atoms with van der Waals surface area (Å²) in [5, 5.41) is 34.8. The lowest BCUT2D eigenvalue weighted by Crippen LogP contribution is -2.43. The van der Waals surface area contributed by atoms with Gasteiger partial charge in [0.2, 0.25) is 5.78 Å². The Hall–Kier alpha value is -5.34. The van der Waals surface area contributed by atoms with E-state index in [1.807, 2.05) is 90.6 Å². The summed E-state index contributed by atoms with van der Waals surface area (Å²) in [5.74, 6) is 1.26. The third-order valence-corrected chi connectivity index (χ3v) is 13.8. The number of carbonyl (C=O) groups is 3. The van der Waals surface area contributed by atoms with Crippen molar-refractivity contribution in [2.45, 2.75) is 85.2 Å². The highest BCUT2D eigenvalue weighted by atomic mass is 79.9. The Labute approximate surface area is 461 Å². The van der Waals surface area contributed by atoms with Crippen molar-refractivity contribution in [3.63, 3.8) is 0 Å². The number of carbonyl (C=O) groups excluding carboxylic acids is 2. The van der Waals surface area contributed by atoms with Crippen LogP contribution in [0.2, 0.25) is 0 Å². The van der Waals surface area contributed by atoms with Crippen molar-refractivity contribution in [2.75, 3.05) is 68.6 Å². The third kappa shape index (κ3) is 23.1. The van der Waals surface area contributed by atoms with E-state index in [4.69, 9.17) is 43.1 Å². The van der Waals surface area contributed by atoms with Gasteiger partial charge >= 0.3 is 0 Å². The van der Waals surface area contributed by atoms with E-state index in [9.17, 15) is 19.8 Å². The number of ketones is 2. The number of aliphatic carboxylic acids is 1. The van der Waals surface area contributed by atoms with E-state index >= 15 is 0 Å². The summed E-state index contributed by atoms with van der Waals surface area (Å²) in [6.07, 6.45) is 3.33. The predicted octanol–water partition coefficient (Wildman–Crippen LogP) is 11.1. The number of thioether (sulfide) groups is 1. The fourth-order valence-corrected chi connectivity index (χ4v) is 8.02. The van der Waals surface area contributed by atoms with Crippen LogP contribution in [0.4, 0.5) is 22.3 Å². The quantitative estimate of drug-likeness (QED) is 0.00958. The van der Waals surface area contributed by atoms with Gasteiger partial charge in [-0.2, -0.15) is 4.99 Å². The number of ether oxygens (including phenoxy) is 2. The van der Waals surface area contributed by atoms with E-state index in [2.05, 4.69) is 83.3 Å². The molecule has 1 atom stereocenters. The normalized spacial score (nSPS) is 11.3. The molecule has 0 saturated carbocycles. The number of nitrogens with one attached hydrogen (secondary N) is 2. The Balaban J connectivity index is 0.000000395. The first-order valence-electron chi connectivity index (χ1n) is 23.6.